The van der Waals surface area contributed by atoms with E-state index in [0.717, 1.165) is 64.2 Å². The van der Waals surface area contributed by atoms with Gasteiger partial charge < -0.3 is 14.2 Å². The molecular weight excluding hydrogens is 961 g/mol. The van der Waals surface area contributed by atoms with Crippen LogP contribution in [0, 0.1) is 0 Å². The minimum absolute atomic E-state index is 0.0664. The Morgan fingerprint density at radius 1 is 0.256 bits per heavy atom. The summed E-state index contributed by atoms with van der Waals surface area (Å²) in [5.41, 5.74) is 0. The van der Waals surface area contributed by atoms with Crippen LogP contribution in [0.4, 0.5) is 0 Å². The number of carbonyl (C=O) groups excluding carboxylic acids is 3. The molecule has 0 aromatic rings. The average Bonchev–Trinajstić information content (AvgIpc) is 3.44. The normalized spacial score (nSPS) is 12.1. The van der Waals surface area contributed by atoms with E-state index >= 15 is 0 Å². The second-order valence-corrected chi connectivity index (χ2v) is 24.2. The van der Waals surface area contributed by atoms with Crippen molar-refractivity contribution in [3.8, 4) is 0 Å². The van der Waals surface area contributed by atoms with Gasteiger partial charge in [0.1, 0.15) is 13.2 Å². The molecule has 0 heterocycles. The molecule has 0 spiro atoms. The molecule has 6 nitrogen and oxygen atoms in total. The SMILES string of the molecule is CCCCC/C=C\C/C=C\CCCCCCCCCCCC(=O)OC(COC(=O)CCCCCCCCCCCCCCCCC)COC(=O)CCCCCCCCCCCCCCCCCCCCCCCCCCCC. The molecule has 0 radical (unpaired) electrons. The lowest BCUT2D eigenvalue weighted by atomic mass is 10.0. The molecule has 0 aliphatic carbocycles. The van der Waals surface area contributed by atoms with Crippen LogP contribution in [0.3, 0.4) is 0 Å². The van der Waals surface area contributed by atoms with Gasteiger partial charge in [0.2, 0.25) is 0 Å². The molecule has 6 heteroatoms. The van der Waals surface area contributed by atoms with Crippen LogP contribution < -0.4 is 0 Å². The molecule has 0 saturated heterocycles. The van der Waals surface area contributed by atoms with Crippen molar-refractivity contribution in [2.45, 2.75) is 406 Å². The Labute approximate surface area is 487 Å². The highest BCUT2D eigenvalue weighted by Crippen LogP contribution is 2.19. The monoisotopic (exact) mass is 1100 g/mol. The number of esters is 3. The highest BCUT2D eigenvalue weighted by atomic mass is 16.6. The lowest BCUT2D eigenvalue weighted by Crippen LogP contribution is -2.30. The first-order chi connectivity index (χ1) is 38.5. The van der Waals surface area contributed by atoms with Crippen LogP contribution >= 0.6 is 0 Å². The van der Waals surface area contributed by atoms with E-state index in [0.29, 0.717) is 19.3 Å². The second-order valence-electron chi connectivity index (χ2n) is 24.2. The van der Waals surface area contributed by atoms with Gasteiger partial charge in [-0.05, 0) is 51.4 Å². The Morgan fingerprint density at radius 3 is 0.731 bits per heavy atom. The molecule has 1 atom stereocenters. The van der Waals surface area contributed by atoms with Crippen molar-refractivity contribution in [3.05, 3.63) is 24.3 Å². The summed E-state index contributed by atoms with van der Waals surface area (Å²) in [6.45, 7) is 6.70. The number of allylic oxidation sites excluding steroid dienone is 4. The summed E-state index contributed by atoms with van der Waals surface area (Å²) in [7, 11) is 0. The number of rotatable bonds is 66. The van der Waals surface area contributed by atoms with Crippen LogP contribution in [0.5, 0.6) is 0 Å². The minimum atomic E-state index is -0.770. The molecule has 0 saturated carbocycles. The van der Waals surface area contributed by atoms with E-state index in [1.165, 1.54) is 295 Å². The van der Waals surface area contributed by atoms with Gasteiger partial charge in [-0.15, -0.1) is 0 Å². The zero-order chi connectivity index (χ0) is 56.4. The maximum absolute atomic E-state index is 12.9. The summed E-state index contributed by atoms with van der Waals surface area (Å²) in [5, 5.41) is 0. The highest BCUT2D eigenvalue weighted by Gasteiger charge is 2.19. The van der Waals surface area contributed by atoms with Gasteiger partial charge in [0.25, 0.3) is 0 Å². The van der Waals surface area contributed by atoms with Gasteiger partial charge in [-0.2, -0.15) is 0 Å². The van der Waals surface area contributed by atoms with E-state index in [2.05, 4.69) is 45.1 Å². The van der Waals surface area contributed by atoms with Crippen LogP contribution in [0.2, 0.25) is 0 Å². The number of hydrogen-bond acceptors (Lipinski definition) is 6. The first-order valence-corrected chi connectivity index (χ1v) is 35.3. The third-order valence-corrected chi connectivity index (χ3v) is 16.2. The zero-order valence-electron chi connectivity index (χ0n) is 53.0. The summed E-state index contributed by atoms with van der Waals surface area (Å²) in [6.07, 6.45) is 82.0. The van der Waals surface area contributed by atoms with Crippen molar-refractivity contribution < 1.29 is 28.6 Å². The number of ether oxygens (including phenoxy) is 3. The number of hydrogen-bond donors (Lipinski definition) is 0. The van der Waals surface area contributed by atoms with Gasteiger partial charge in [0, 0.05) is 19.3 Å². The molecule has 0 rings (SSSR count). The molecule has 0 amide bonds. The van der Waals surface area contributed by atoms with Gasteiger partial charge in [-0.25, -0.2) is 0 Å². The van der Waals surface area contributed by atoms with Crippen molar-refractivity contribution in [3.63, 3.8) is 0 Å². The highest BCUT2D eigenvalue weighted by molar-refractivity contribution is 5.71. The Morgan fingerprint density at radius 2 is 0.462 bits per heavy atom. The molecule has 78 heavy (non-hydrogen) atoms. The molecule has 0 aliphatic rings. The summed E-state index contributed by atoms with van der Waals surface area (Å²) in [4.78, 5) is 38.4. The Kier molecular flexibility index (Phi) is 65.6. The van der Waals surface area contributed by atoms with Crippen LogP contribution in [-0.2, 0) is 28.6 Å². The number of unbranched alkanes of at least 4 members (excludes halogenated alkanes) is 51. The van der Waals surface area contributed by atoms with Gasteiger partial charge in [-0.1, -0.05) is 353 Å². The molecular formula is C72H136O6. The van der Waals surface area contributed by atoms with Gasteiger partial charge >= 0.3 is 17.9 Å². The standard InChI is InChI=1S/C72H136O6/c1-4-7-10-13-16-19-22-25-28-30-32-33-34-35-36-37-38-40-41-44-47-50-53-56-59-62-65-71(74)77-68-69(67-76-70(73)64-61-58-55-52-49-46-43-27-24-21-18-15-12-9-6-3)78-72(75)66-63-60-57-54-51-48-45-42-39-31-29-26-23-20-17-14-11-8-5-2/h17,20,26,29,69H,4-16,18-19,21-25,27-28,30-68H2,1-3H3/b20-17-,29-26-. The van der Waals surface area contributed by atoms with Crippen molar-refractivity contribution in [2.75, 3.05) is 13.2 Å². The number of carbonyl (C=O) groups is 3. The zero-order valence-corrected chi connectivity index (χ0v) is 53.0. The summed E-state index contributed by atoms with van der Waals surface area (Å²) in [6, 6.07) is 0. The second kappa shape index (κ2) is 67.4. The van der Waals surface area contributed by atoms with Crippen LogP contribution in [0.25, 0.3) is 0 Å². The summed E-state index contributed by atoms with van der Waals surface area (Å²) >= 11 is 0. The largest absolute Gasteiger partial charge is 0.462 e. The van der Waals surface area contributed by atoms with Crippen molar-refractivity contribution in [1.82, 2.24) is 0 Å². The molecule has 0 bridgehead atoms. The fourth-order valence-electron chi connectivity index (χ4n) is 10.9. The Balaban J connectivity index is 4.23. The van der Waals surface area contributed by atoms with E-state index in [1.54, 1.807) is 0 Å². The third-order valence-electron chi connectivity index (χ3n) is 16.2. The fraction of sp³-hybridized carbons (Fsp3) is 0.903. The summed E-state index contributed by atoms with van der Waals surface area (Å²) in [5.74, 6) is -0.837. The smallest absolute Gasteiger partial charge is 0.306 e. The topological polar surface area (TPSA) is 78.9 Å². The van der Waals surface area contributed by atoms with Crippen molar-refractivity contribution in [2.24, 2.45) is 0 Å². The molecule has 0 aromatic carbocycles. The van der Waals surface area contributed by atoms with E-state index in [-0.39, 0.29) is 31.1 Å². The van der Waals surface area contributed by atoms with E-state index in [1.807, 2.05) is 0 Å². The lowest BCUT2D eigenvalue weighted by Gasteiger charge is -2.18. The van der Waals surface area contributed by atoms with E-state index in [4.69, 9.17) is 14.2 Å². The molecule has 0 N–H and O–H groups in total. The van der Waals surface area contributed by atoms with Crippen LogP contribution in [0.1, 0.15) is 400 Å². The third kappa shape index (κ3) is 64.7. The predicted octanol–water partition coefficient (Wildman–Crippen LogP) is 24.2. The predicted molar refractivity (Wildman–Crippen MR) is 340 cm³/mol. The van der Waals surface area contributed by atoms with Crippen LogP contribution in [0.15, 0.2) is 24.3 Å². The molecule has 0 aliphatic heterocycles. The minimum Gasteiger partial charge on any atom is -0.462 e. The fourth-order valence-corrected chi connectivity index (χ4v) is 10.9. The first-order valence-electron chi connectivity index (χ1n) is 35.3. The van der Waals surface area contributed by atoms with Gasteiger partial charge in [0.15, 0.2) is 6.10 Å². The quantitative estimate of drug-likeness (QED) is 0.0261. The molecule has 0 aromatic heterocycles. The van der Waals surface area contributed by atoms with Crippen LogP contribution in [-0.4, -0.2) is 37.2 Å². The van der Waals surface area contributed by atoms with Gasteiger partial charge in [0.05, 0.1) is 0 Å². The van der Waals surface area contributed by atoms with Crippen molar-refractivity contribution >= 4 is 17.9 Å². The average molecular weight is 1100 g/mol. The Hall–Kier alpha value is -2.11. The molecule has 460 valence electrons. The summed E-state index contributed by atoms with van der Waals surface area (Å²) < 4.78 is 17.0. The maximum atomic E-state index is 12.9. The van der Waals surface area contributed by atoms with Crippen molar-refractivity contribution in [1.29, 1.82) is 0 Å². The molecule has 1 unspecified atom stereocenters. The Bertz CT molecular complexity index is 1260. The van der Waals surface area contributed by atoms with Gasteiger partial charge in [-0.3, -0.25) is 14.4 Å². The van der Waals surface area contributed by atoms with E-state index < -0.39 is 6.10 Å². The maximum Gasteiger partial charge on any atom is 0.306 e. The molecule has 0 fully saturated rings. The lowest BCUT2D eigenvalue weighted by molar-refractivity contribution is -0.167. The van der Waals surface area contributed by atoms with E-state index in [9.17, 15) is 14.4 Å². The first kappa shape index (κ1) is 75.9.